The van der Waals surface area contributed by atoms with E-state index < -0.39 is 17.7 Å². The molecule has 30 heavy (non-hydrogen) atoms. The molecular weight excluding hydrogens is 404 g/mol. The van der Waals surface area contributed by atoms with Crippen LogP contribution in [0.4, 0.5) is 5.69 Å². The summed E-state index contributed by atoms with van der Waals surface area (Å²) in [6.07, 6.45) is 3.08. The summed E-state index contributed by atoms with van der Waals surface area (Å²) < 4.78 is 0. The topological polar surface area (TPSA) is 90.7 Å². The lowest BCUT2D eigenvalue weighted by Crippen LogP contribution is -2.29. The van der Waals surface area contributed by atoms with Crippen LogP contribution >= 0.6 is 11.6 Å². The molecule has 1 aromatic heterocycles. The van der Waals surface area contributed by atoms with Crippen LogP contribution < -0.4 is 4.90 Å². The zero-order valence-corrected chi connectivity index (χ0v) is 16.7. The molecule has 1 aliphatic heterocycles. The standard InChI is InChI=1S/C23H17ClN2O4/c1-13-7-8-18(27)17(10-13)26-20(15-5-3-9-25-12-15)19(22(29)23(26)30)21(28)14-4-2-6-16(24)11-14/h2-12,20,27-28H,1H3/b21-19+. The summed E-state index contributed by atoms with van der Waals surface area (Å²) in [6.45, 7) is 1.81. The number of aliphatic hydroxyl groups excluding tert-OH is 1. The number of nitrogens with zero attached hydrogens (tertiary/aromatic N) is 2. The SMILES string of the molecule is Cc1ccc(O)c(N2C(=O)C(=O)/C(=C(/O)c3cccc(Cl)c3)C2c2cccnc2)c1. The van der Waals surface area contributed by atoms with Gasteiger partial charge in [-0.15, -0.1) is 0 Å². The van der Waals surface area contributed by atoms with E-state index in [1.54, 1.807) is 48.7 Å². The van der Waals surface area contributed by atoms with Crippen LogP contribution in [0.3, 0.4) is 0 Å². The molecule has 2 aromatic carbocycles. The second-order valence-electron chi connectivity index (χ2n) is 6.96. The quantitative estimate of drug-likeness (QED) is 0.373. The van der Waals surface area contributed by atoms with Crippen molar-refractivity contribution < 1.29 is 19.8 Å². The van der Waals surface area contributed by atoms with Gasteiger partial charge in [0.25, 0.3) is 11.7 Å². The summed E-state index contributed by atoms with van der Waals surface area (Å²) in [5.74, 6) is -2.21. The van der Waals surface area contributed by atoms with Crippen LogP contribution in [0.1, 0.15) is 22.7 Å². The molecule has 0 radical (unpaired) electrons. The van der Waals surface area contributed by atoms with Crippen molar-refractivity contribution in [2.24, 2.45) is 0 Å². The van der Waals surface area contributed by atoms with Gasteiger partial charge in [0.05, 0.1) is 17.3 Å². The highest BCUT2D eigenvalue weighted by Crippen LogP contribution is 2.44. The lowest BCUT2D eigenvalue weighted by Gasteiger charge is -2.26. The number of carbonyl (C=O) groups excluding carboxylic acids is 2. The Kier molecular flexibility index (Phi) is 5.01. The third-order valence-corrected chi connectivity index (χ3v) is 5.17. The number of rotatable bonds is 3. The number of aromatic nitrogens is 1. The number of anilines is 1. The van der Waals surface area contributed by atoms with Gasteiger partial charge < -0.3 is 10.2 Å². The number of amides is 1. The van der Waals surface area contributed by atoms with Crippen molar-refractivity contribution in [1.82, 2.24) is 4.98 Å². The van der Waals surface area contributed by atoms with Gasteiger partial charge in [0.1, 0.15) is 11.5 Å². The molecule has 4 rings (SSSR count). The predicted octanol–water partition coefficient (Wildman–Crippen LogP) is 4.38. The molecule has 1 atom stereocenters. The van der Waals surface area contributed by atoms with E-state index in [2.05, 4.69) is 4.98 Å². The highest BCUT2D eigenvalue weighted by atomic mass is 35.5. The second-order valence-corrected chi connectivity index (χ2v) is 7.39. The Morgan fingerprint density at radius 3 is 2.60 bits per heavy atom. The minimum absolute atomic E-state index is 0.101. The Morgan fingerprint density at radius 2 is 1.90 bits per heavy atom. The number of hydrogen-bond acceptors (Lipinski definition) is 5. The molecule has 1 unspecified atom stereocenters. The average molecular weight is 421 g/mol. The number of phenolic OH excluding ortho intramolecular Hbond substituents is 1. The summed E-state index contributed by atoms with van der Waals surface area (Å²) in [7, 11) is 0. The smallest absolute Gasteiger partial charge is 0.300 e. The van der Waals surface area contributed by atoms with Gasteiger partial charge in [0, 0.05) is 23.0 Å². The fourth-order valence-corrected chi connectivity index (χ4v) is 3.74. The molecular formula is C23H17ClN2O4. The zero-order valence-electron chi connectivity index (χ0n) is 15.9. The molecule has 7 heteroatoms. The fraction of sp³-hybridized carbons (Fsp3) is 0.0870. The van der Waals surface area contributed by atoms with Crippen LogP contribution in [0.2, 0.25) is 5.02 Å². The van der Waals surface area contributed by atoms with Crippen molar-refractivity contribution in [3.63, 3.8) is 0 Å². The number of Topliss-reactive ketones (excluding diaryl/α,β-unsaturated/α-hetero) is 1. The first-order valence-corrected chi connectivity index (χ1v) is 9.52. The van der Waals surface area contributed by atoms with Crippen LogP contribution in [0.5, 0.6) is 5.75 Å². The van der Waals surface area contributed by atoms with Gasteiger partial charge in [-0.1, -0.05) is 35.9 Å². The van der Waals surface area contributed by atoms with E-state index in [-0.39, 0.29) is 22.8 Å². The Hall–Kier alpha value is -3.64. The van der Waals surface area contributed by atoms with Crippen molar-refractivity contribution in [2.45, 2.75) is 13.0 Å². The first-order chi connectivity index (χ1) is 14.4. The maximum atomic E-state index is 13.0. The summed E-state index contributed by atoms with van der Waals surface area (Å²) in [5.41, 5.74) is 1.70. The number of carbonyl (C=O) groups is 2. The Labute approximate surface area is 177 Å². The lowest BCUT2D eigenvalue weighted by molar-refractivity contribution is -0.132. The van der Waals surface area contributed by atoms with E-state index in [0.717, 1.165) is 5.56 Å². The molecule has 150 valence electrons. The van der Waals surface area contributed by atoms with Gasteiger partial charge in [-0.3, -0.25) is 19.5 Å². The summed E-state index contributed by atoms with van der Waals surface area (Å²) in [5, 5.41) is 21.8. The van der Waals surface area contributed by atoms with Crippen LogP contribution in [0, 0.1) is 6.92 Å². The molecule has 1 aliphatic rings. The molecule has 0 spiro atoms. The van der Waals surface area contributed by atoms with Crippen LogP contribution in [0.15, 0.2) is 72.6 Å². The second kappa shape index (κ2) is 7.65. The number of hydrogen-bond donors (Lipinski definition) is 2. The number of halogens is 1. The van der Waals surface area contributed by atoms with Gasteiger partial charge in [0.15, 0.2) is 0 Å². The average Bonchev–Trinajstić information content (AvgIpc) is 3.00. The van der Waals surface area contributed by atoms with E-state index in [9.17, 15) is 19.8 Å². The molecule has 1 amide bonds. The van der Waals surface area contributed by atoms with Crippen molar-refractivity contribution in [1.29, 1.82) is 0 Å². The van der Waals surface area contributed by atoms with Gasteiger partial charge in [-0.25, -0.2) is 0 Å². The molecule has 1 fully saturated rings. The number of phenols is 1. The molecule has 1 saturated heterocycles. The largest absolute Gasteiger partial charge is 0.507 e. The molecule has 3 aromatic rings. The minimum Gasteiger partial charge on any atom is -0.507 e. The third-order valence-electron chi connectivity index (χ3n) is 4.93. The van der Waals surface area contributed by atoms with Gasteiger partial charge in [0.2, 0.25) is 0 Å². The van der Waals surface area contributed by atoms with E-state index in [1.807, 2.05) is 6.92 Å². The molecule has 0 aliphatic carbocycles. The van der Waals surface area contributed by atoms with Crippen molar-refractivity contribution in [3.8, 4) is 5.75 Å². The fourth-order valence-electron chi connectivity index (χ4n) is 3.55. The molecule has 2 heterocycles. The number of aliphatic hydroxyl groups is 1. The highest BCUT2D eigenvalue weighted by Gasteiger charge is 2.47. The third kappa shape index (κ3) is 3.31. The number of ketones is 1. The molecule has 2 N–H and O–H groups in total. The van der Waals surface area contributed by atoms with Crippen molar-refractivity contribution in [3.05, 3.63) is 94.3 Å². The summed E-state index contributed by atoms with van der Waals surface area (Å²) in [4.78, 5) is 31.3. The predicted molar refractivity (Wildman–Crippen MR) is 113 cm³/mol. The summed E-state index contributed by atoms with van der Waals surface area (Å²) in [6, 6.07) is 13.6. The minimum atomic E-state index is -0.967. The van der Waals surface area contributed by atoms with Crippen molar-refractivity contribution in [2.75, 3.05) is 4.90 Å². The molecule has 0 bridgehead atoms. The van der Waals surface area contributed by atoms with Crippen LogP contribution in [-0.4, -0.2) is 26.9 Å². The maximum Gasteiger partial charge on any atom is 0.300 e. The Balaban J connectivity index is 1.99. The van der Waals surface area contributed by atoms with Gasteiger partial charge >= 0.3 is 0 Å². The number of pyridine rings is 1. The first-order valence-electron chi connectivity index (χ1n) is 9.15. The van der Waals surface area contributed by atoms with Crippen molar-refractivity contribution >= 4 is 34.7 Å². The summed E-state index contributed by atoms with van der Waals surface area (Å²) >= 11 is 6.04. The van der Waals surface area contributed by atoms with E-state index in [1.165, 1.54) is 23.2 Å². The van der Waals surface area contributed by atoms with E-state index >= 15 is 0 Å². The maximum absolute atomic E-state index is 13.0. The lowest BCUT2D eigenvalue weighted by atomic mass is 9.96. The Bertz CT molecular complexity index is 1190. The zero-order chi connectivity index (χ0) is 21.4. The number of aromatic hydroxyl groups is 1. The first kappa shape index (κ1) is 19.7. The van der Waals surface area contributed by atoms with Crippen LogP contribution in [-0.2, 0) is 9.59 Å². The van der Waals surface area contributed by atoms with Gasteiger partial charge in [-0.2, -0.15) is 0 Å². The molecule has 0 saturated carbocycles. The normalized spacial score (nSPS) is 18.1. The molecule has 6 nitrogen and oxygen atoms in total. The number of aryl methyl sites for hydroxylation is 1. The number of benzene rings is 2. The monoisotopic (exact) mass is 420 g/mol. The highest BCUT2D eigenvalue weighted by molar-refractivity contribution is 6.52. The van der Waals surface area contributed by atoms with E-state index in [0.29, 0.717) is 16.1 Å². The van der Waals surface area contributed by atoms with E-state index in [4.69, 9.17) is 11.6 Å². The van der Waals surface area contributed by atoms with Gasteiger partial charge in [-0.05, 0) is 48.4 Å². The Morgan fingerprint density at radius 1 is 1.10 bits per heavy atom. The van der Waals surface area contributed by atoms with Crippen LogP contribution in [0.25, 0.3) is 5.76 Å².